The minimum absolute atomic E-state index is 0.0867. The third-order valence-corrected chi connectivity index (χ3v) is 2.14. The topological polar surface area (TPSA) is 75.1 Å². The molecule has 1 rings (SSSR count). The van der Waals surface area contributed by atoms with Crippen molar-refractivity contribution < 1.29 is 22.7 Å². The van der Waals surface area contributed by atoms with Crippen LogP contribution in [0.4, 0.5) is 18.9 Å². The van der Waals surface area contributed by atoms with Gasteiger partial charge in [-0.3, -0.25) is 4.98 Å². The molecule has 2 N–H and O–H groups in total. The van der Waals surface area contributed by atoms with Crippen molar-refractivity contribution in [2.45, 2.75) is 13.1 Å². The smallest absolute Gasteiger partial charge is 0.432 e. The molecule has 0 saturated heterocycles. The zero-order chi connectivity index (χ0) is 15.2. The van der Waals surface area contributed by atoms with E-state index in [1.54, 1.807) is 0 Å². The third kappa shape index (κ3) is 4.08. The van der Waals surface area contributed by atoms with Gasteiger partial charge in [-0.15, -0.1) is 0 Å². The summed E-state index contributed by atoms with van der Waals surface area (Å²) in [6, 6.07) is 2.61. The second kappa shape index (κ2) is 6.69. The highest BCUT2D eigenvalue weighted by molar-refractivity contribution is 6.09. The van der Waals surface area contributed by atoms with Gasteiger partial charge in [0, 0.05) is 24.3 Å². The van der Waals surface area contributed by atoms with Crippen LogP contribution in [0.2, 0.25) is 0 Å². The Balaban J connectivity index is 3.23. The van der Waals surface area contributed by atoms with Crippen LogP contribution in [0, 0.1) is 5.41 Å². The van der Waals surface area contributed by atoms with Crippen LogP contribution in [-0.4, -0.2) is 30.0 Å². The van der Waals surface area contributed by atoms with Gasteiger partial charge in [0.05, 0.1) is 6.61 Å². The Morgan fingerprint density at radius 3 is 2.50 bits per heavy atom. The molecule has 0 fully saturated rings. The van der Waals surface area contributed by atoms with E-state index in [-0.39, 0.29) is 12.3 Å². The first-order chi connectivity index (χ1) is 9.40. The minimum atomic E-state index is -4.83. The fraction of sp³-hybridized carbons (Fsp3) is 0.250. The zero-order valence-corrected chi connectivity index (χ0v) is 10.5. The summed E-state index contributed by atoms with van der Waals surface area (Å²) < 4.78 is 43.5. The van der Waals surface area contributed by atoms with Crippen LogP contribution in [0.15, 0.2) is 35.8 Å². The number of hydrogen-bond acceptors (Lipinski definition) is 5. The average molecular weight is 287 g/mol. The van der Waals surface area contributed by atoms with Crippen LogP contribution < -0.4 is 5.32 Å². The van der Waals surface area contributed by atoms with Gasteiger partial charge in [0.25, 0.3) is 0 Å². The molecule has 0 aromatic carbocycles. The number of carbonyl (C=O) groups excluding carboxylic acids is 1. The second-order valence-corrected chi connectivity index (χ2v) is 3.51. The van der Waals surface area contributed by atoms with Gasteiger partial charge in [-0.05, 0) is 19.1 Å². The van der Waals surface area contributed by atoms with E-state index in [1.165, 1.54) is 31.5 Å². The Bertz CT molecular complexity index is 512. The van der Waals surface area contributed by atoms with Crippen LogP contribution >= 0.6 is 0 Å². The summed E-state index contributed by atoms with van der Waals surface area (Å²) in [4.78, 5) is 15.1. The number of carbonyl (C=O) groups is 1. The number of allylic oxidation sites excluding steroid dienone is 1. The molecule has 0 atom stereocenters. The van der Waals surface area contributed by atoms with Gasteiger partial charge in [-0.2, -0.15) is 13.2 Å². The standard InChI is InChI=1S/C12H12F3N3O2/c1-2-20-11(19)9(7-16)10(12(13,14)15)18-8-3-5-17-6-4-8/h3-7,16H,2H2,1H3,(H,17,18)/b10-9+,16-7?. The summed E-state index contributed by atoms with van der Waals surface area (Å²) in [5.74, 6) is -1.21. The molecule has 20 heavy (non-hydrogen) atoms. The molecule has 108 valence electrons. The number of esters is 1. The maximum absolute atomic E-state index is 13.0. The first kappa shape index (κ1) is 15.7. The van der Waals surface area contributed by atoms with Gasteiger partial charge >= 0.3 is 12.1 Å². The Morgan fingerprint density at radius 2 is 2.05 bits per heavy atom. The van der Waals surface area contributed by atoms with E-state index in [0.717, 1.165) is 0 Å². The van der Waals surface area contributed by atoms with E-state index in [2.05, 4.69) is 15.0 Å². The van der Waals surface area contributed by atoms with E-state index < -0.39 is 23.4 Å². The molecule has 1 heterocycles. The number of rotatable bonds is 5. The highest BCUT2D eigenvalue weighted by Crippen LogP contribution is 2.29. The molecule has 0 aliphatic rings. The zero-order valence-electron chi connectivity index (χ0n) is 10.5. The molecule has 1 aromatic heterocycles. The molecule has 5 nitrogen and oxygen atoms in total. The van der Waals surface area contributed by atoms with Gasteiger partial charge in [0.1, 0.15) is 11.3 Å². The van der Waals surface area contributed by atoms with Crippen molar-refractivity contribution >= 4 is 17.9 Å². The largest absolute Gasteiger partial charge is 0.462 e. The lowest BCUT2D eigenvalue weighted by Gasteiger charge is -2.16. The maximum atomic E-state index is 13.0. The van der Waals surface area contributed by atoms with Crippen molar-refractivity contribution in [2.24, 2.45) is 0 Å². The average Bonchev–Trinajstić information content (AvgIpc) is 2.39. The SMILES string of the molecule is CCOC(=O)/C(C=N)=C(/Nc1ccncc1)C(F)(F)F. The number of hydrogen-bond donors (Lipinski definition) is 2. The molecule has 0 unspecified atom stereocenters. The fourth-order valence-electron chi connectivity index (χ4n) is 1.31. The fourth-order valence-corrected chi connectivity index (χ4v) is 1.31. The lowest BCUT2D eigenvalue weighted by molar-refractivity contribution is -0.139. The van der Waals surface area contributed by atoms with E-state index in [9.17, 15) is 18.0 Å². The Morgan fingerprint density at radius 1 is 1.45 bits per heavy atom. The lowest BCUT2D eigenvalue weighted by atomic mass is 10.2. The van der Waals surface area contributed by atoms with E-state index >= 15 is 0 Å². The van der Waals surface area contributed by atoms with E-state index in [0.29, 0.717) is 6.21 Å². The second-order valence-electron chi connectivity index (χ2n) is 3.51. The number of ether oxygens (including phenoxy) is 1. The van der Waals surface area contributed by atoms with Crippen LogP contribution in [0.3, 0.4) is 0 Å². The molecule has 0 aliphatic carbocycles. The van der Waals surface area contributed by atoms with Crippen LogP contribution in [-0.2, 0) is 9.53 Å². The molecule has 0 radical (unpaired) electrons. The number of nitrogens with zero attached hydrogens (tertiary/aromatic N) is 1. The van der Waals surface area contributed by atoms with Gasteiger partial charge in [0.2, 0.25) is 0 Å². The highest BCUT2D eigenvalue weighted by Gasteiger charge is 2.38. The first-order valence-corrected chi connectivity index (χ1v) is 5.56. The lowest BCUT2D eigenvalue weighted by Crippen LogP contribution is -2.25. The quantitative estimate of drug-likeness (QED) is 0.496. The van der Waals surface area contributed by atoms with Crippen LogP contribution in [0.25, 0.3) is 0 Å². The van der Waals surface area contributed by atoms with E-state index in [1.807, 2.05) is 0 Å². The summed E-state index contributed by atoms with van der Waals surface area (Å²) in [7, 11) is 0. The van der Waals surface area contributed by atoms with Crippen molar-refractivity contribution in [3.05, 3.63) is 35.8 Å². The van der Waals surface area contributed by atoms with Crippen LogP contribution in [0.5, 0.6) is 0 Å². The molecule has 0 bridgehead atoms. The van der Waals surface area contributed by atoms with Crippen molar-refractivity contribution in [1.29, 1.82) is 5.41 Å². The molecule has 0 saturated carbocycles. The van der Waals surface area contributed by atoms with Gasteiger partial charge in [0.15, 0.2) is 0 Å². The molecular weight excluding hydrogens is 275 g/mol. The normalized spacial score (nSPS) is 12.4. The molecular formula is C12H12F3N3O2. The number of nitrogens with one attached hydrogen (secondary N) is 2. The summed E-state index contributed by atoms with van der Waals surface area (Å²) in [6.07, 6.45) is -1.92. The minimum Gasteiger partial charge on any atom is -0.462 e. The number of pyridine rings is 1. The highest BCUT2D eigenvalue weighted by atomic mass is 19.4. The predicted molar refractivity (Wildman–Crippen MR) is 66.4 cm³/mol. The Hall–Kier alpha value is -2.38. The molecule has 0 amide bonds. The predicted octanol–water partition coefficient (Wildman–Crippen LogP) is 2.52. The van der Waals surface area contributed by atoms with Gasteiger partial charge in [-0.1, -0.05) is 0 Å². The summed E-state index contributed by atoms with van der Waals surface area (Å²) in [6.45, 7) is 1.37. The van der Waals surface area contributed by atoms with Crippen molar-refractivity contribution in [1.82, 2.24) is 4.98 Å². The van der Waals surface area contributed by atoms with Crippen molar-refractivity contribution in [3.8, 4) is 0 Å². The number of alkyl halides is 3. The van der Waals surface area contributed by atoms with Crippen molar-refractivity contribution in [2.75, 3.05) is 11.9 Å². The number of halogens is 3. The van der Waals surface area contributed by atoms with Gasteiger partial charge < -0.3 is 15.5 Å². The molecule has 1 aromatic rings. The van der Waals surface area contributed by atoms with Crippen molar-refractivity contribution in [3.63, 3.8) is 0 Å². The number of aromatic nitrogens is 1. The van der Waals surface area contributed by atoms with Gasteiger partial charge in [-0.25, -0.2) is 4.79 Å². The van der Waals surface area contributed by atoms with Crippen LogP contribution in [0.1, 0.15) is 6.92 Å². The number of anilines is 1. The summed E-state index contributed by atoms with van der Waals surface area (Å²) >= 11 is 0. The summed E-state index contributed by atoms with van der Waals surface area (Å²) in [5.41, 5.74) is -2.15. The maximum Gasteiger partial charge on any atom is 0.432 e. The molecule has 0 aliphatic heterocycles. The monoisotopic (exact) mass is 287 g/mol. The molecule has 8 heteroatoms. The summed E-state index contributed by atoms with van der Waals surface area (Å²) in [5, 5.41) is 9.08. The first-order valence-electron chi connectivity index (χ1n) is 5.56. The molecule has 0 spiro atoms. The Kier molecular flexibility index (Phi) is 5.24. The third-order valence-electron chi connectivity index (χ3n) is 2.14. The Labute approximate surface area is 113 Å². The van der Waals surface area contributed by atoms with E-state index in [4.69, 9.17) is 5.41 Å².